The minimum absolute atomic E-state index is 0.0911. The van der Waals surface area contributed by atoms with Gasteiger partial charge in [0.25, 0.3) is 0 Å². The Morgan fingerprint density at radius 2 is 1.92 bits per heavy atom. The lowest BCUT2D eigenvalue weighted by atomic mass is 10.2. The van der Waals surface area contributed by atoms with Gasteiger partial charge < -0.3 is 5.32 Å². The Balaban J connectivity index is 1.54. The van der Waals surface area contributed by atoms with Crippen molar-refractivity contribution in [2.75, 3.05) is 18.1 Å². The topological polar surface area (TPSA) is 29.1 Å². The minimum Gasteiger partial charge on any atom is -0.355 e. The van der Waals surface area contributed by atoms with Crippen LogP contribution in [0.3, 0.4) is 0 Å². The third kappa shape index (κ3) is 7.51. The Hall–Kier alpha value is -0.620. The van der Waals surface area contributed by atoms with E-state index in [2.05, 4.69) is 33.4 Å². The molecule has 0 aliphatic rings. The first-order chi connectivity index (χ1) is 11.6. The fourth-order valence-electron chi connectivity index (χ4n) is 2.00. The summed E-state index contributed by atoms with van der Waals surface area (Å²) in [5.74, 6) is 3.17. The summed E-state index contributed by atoms with van der Waals surface area (Å²) in [5, 5.41) is 3.76. The number of nitrogens with one attached hydrogen (secondary N) is 1. The molecule has 1 N–H and O–H groups in total. The summed E-state index contributed by atoms with van der Waals surface area (Å²) in [6.07, 6.45) is 0. The maximum atomic E-state index is 11.8. The normalized spacial score (nSPS) is 10.6. The molecule has 2 aromatic rings. The zero-order chi connectivity index (χ0) is 17.2. The standard InChI is InChI=1S/C18H19BrClNOS2/c19-16-6-3-4-14(10-16)11-24-13-18(22)21-8-9-23-12-15-5-1-2-7-17(15)20/h1-7,10H,8-9,11-13H2,(H,21,22). The SMILES string of the molecule is O=C(CSCc1cccc(Br)c1)NCCSCc1ccccc1Cl. The van der Waals surface area contributed by atoms with Crippen LogP contribution in [0.25, 0.3) is 0 Å². The fourth-order valence-corrected chi connectivity index (χ4v) is 4.40. The number of hydrogen-bond donors (Lipinski definition) is 1. The van der Waals surface area contributed by atoms with E-state index in [0.29, 0.717) is 12.3 Å². The largest absolute Gasteiger partial charge is 0.355 e. The Morgan fingerprint density at radius 3 is 2.71 bits per heavy atom. The van der Waals surface area contributed by atoms with Crippen molar-refractivity contribution < 1.29 is 4.79 Å². The molecule has 0 saturated carbocycles. The summed E-state index contributed by atoms with van der Waals surface area (Å²) in [4.78, 5) is 11.8. The van der Waals surface area contributed by atoms with Gasteiger partial charge in [-0.2, -0.15) is 11.8 Å². The molecule has 6 heteroatoms. The number of hydrogen-bond acceptors (Lipinski definition) is 3. The molecule has 2 rings (SSSR count). The van der Waals surface area contributed by atoms with Crippen molar-refractivity contribution in [1.29, 1.82) is 0 Å². The summed E-state index contributed by atoms with van der Waals surface area (Å²) >= 11 is 13.0. The lowest BCUT2D eigenvalue weighted by Crippen LogP contribution is -2.27. The Kier molecular flexibility index (Phi) is 9.10. The van der Waals surface area contributed by atoms with Crippen LogP contribution in [0, 0.1) is 0 Å². The second kappa shape index (κ2) is 11.1. The van der Waals surface area contributed by atoms with E-state index >= 15 is 0 Å². The Bertz CT molecular complexity index is 669. The van der Waals surface area contributed by atoms with Crippen LogP contribution in [-0.4, -0.2) is 24.0 Å². The first kappa shape index (κ1) is 19.7. The third-order valence-electron chi connectivity index (χ3n) is 3.17. The maximum Gasteiger partial charge on any atom is 0.230 e. The number of benzene rings is 2. The smallest absolute Gasteiger partial charge is 0.230 e. The van der Waals surface area contributed by atoms with Gasteiger partial charge in [-0.15, -0.1) is 11.8 Å². The highest BCUT2D eigenvalue weighted by molar-refractivity contribution is 9.10. The van der Waals surface area contributed by atoms with Gasteiger partial charge in [-0.3, -0.25) is 4.79 Å². The summed E-state index contributed by atoms with van der Waals surface area (Å²) in [7, 11) is 0. The molecule has 24 heavy (non-hydrogen) atoms. The summed E-state index contributed by atoms with van der Waals surface area (Å²) in [6.45, 7) is 0.686. The fraction of sp³-hybridized carbons (Fsp3) is 0.278. The van der Waals surface area contributed by atoms with Crippen molar-refractivity contribution in [3.8, 4) is 0 Å². The van der Waals surface area contributed by atoms with E-state index in [4.69, 9.17) is 11.6 Å². The minimum atomic E-state index is 0.0911. The van der Waals surface area contributed by atoms with Gasteiger partial charge in [0.2, 0.25) is 5.91 Å². The van der Waals surface area contributed by atoms with Crippen LogP contribution in [0.1, 0.15) is 11.1 Å². The van der Waals surface area contributed by atoms with Gasteiger partial charge in [-0.1, -0.05) is 57.9 Å². The first-order valence-corrected chi connectivity index (χ1v) is 11.0. The quantitative estimate of drug-likeness (QED) is 0.526. The van der Waals surface area contributed by atoms with Gasteiger partial charge in [0, 0.05) is 33.3 Å². The highest BCUT2D eigenvalue weighted by atomic mass is 79.9. The number of carbonyl (C=O) groups is 1. The van der Waals surface area contributed by atoms with Crippen LogP contribution in [0.4, 0.5) is 0 Å². The molecule has 0 saturated heterocycles. The molecule has 0 aliphatic heterocycles. The number of rotatable bonds is 9. The molecule has 0 heterocycles. The average molecular weight is 445 g/mol. The Morgan fingerprint density at radius 1 is 1.08 bits per heavy atom. The number of carbonyl (C=O) groups excluding carboxylic acids is 1. The van der Waals surface area contributed by atoms with E-state index in [0.717, 1.165) is 32.3 Å². The van der Waals surface area contributed by atoms with Crippen LogP contribution in [-0.2, 0) is 16.3 Å². The molecular formula is C18H19BrClNOS2. The predicted molar refractivity (Wildman–Crippen MR) is 111 cm³/mol. The zero-order valence-electron chi connectivity index (χ0n) is 13.1. The highest BCUT2D eigenvalue weighted by Gasteiger charge is 2.03. The van der Waals surface area contributed by atoms with E-state index < -0.39 is 0 Å². The second-order valence-electron chi connectivity index (χ2n) is 5.12. The van der Waals surface area contributed by atoms with Gasteiger partial charge in [0.1, 0.15) is 0 Å². The zero-order valence-corrected chi connectivity index (χ0v) is 17.1. The van der Waals surface area contributed by atoms with E-state index in [1.54, 1.807) is 23.5 Å². The van der Waals surface area contributed by atoms with Crippen molar-refractivity contribution in [3.63, 3.8) is 0 Å². The van der Waals surface area contributed by atoms with Crippen LogP contribution in [0.2, 0.25) is 5.02 Å². The maximum absolute atomic E-state index is 11.8. The predicted octanol–water partition coefficient (Wildman–Crippen LogP) is 5.39. The monoisotopic (exact) mass is 443 g/mol. The van der Waals surface area contributed by atoms with Crippen LogP contribution in [0.5, 0.6) is 0 Å². The summed E-state index contributed by atoms with van der Waals surface area (Å²) in [5.41, 5.74) is 2.36. The van der Waals surface area contributed by atoms with Crippen molar-refractivity contribution in [1.82, 2.24) is 5.32 Å². The van der Waals surface area contributed by atoms with Crippen LogP contribution in [0.15, 0.2) is 53.0 Å². The van der Waals surface area contributed by atoms with E-state index in [1.165, 1.54) is 5.56 Å². The molecule has 0 fully saturated rings. The van der Waals surface area contributed by atoms with E-state index in [1.807, 2.05) is 36.4 Å². The average Bonchev–Trinajstić information content (AvgIpc) is 2.56. The van der Waals surface area contributed by atoms with Gasteiger partial charge >= 0.3 is 0 Å². The van der Waals surface area contributed by atoms with Crippen molar-refractivity contribution in [2.45, 2.75) is 11.5 Å². The molecule has 0 aromatic heterocycles. The molecule has 1 amide bonds. The molecule has 0 aliphatic carbocycles. The molecule has 0 spiro atoms. The third-order valence-corrected chi connectivity index (χ3v) is 6.05. The molecule has 0 bridgehead atoms. The van der Waals surface area contributed by atoms with Gasteiger partial charge in [-0.05, 0) is 29.3 Å². The Labute approximate surface area is 165 Å². The highest BCUT2D eigenvalue weighted by Crippen LogP contribution is 2.20. The molecule has 0 atom stereocenters. The van der Waals surface area contributed by atoms with Crippen LogP contribution < -0.4 is 5.32 Å². The molecular weight excluding hydrogens is 426 g/mol. The molecule has 0 unspecified atom stereocenters. The summed E-state index contributed by atoms with van der Waals surface area (Å²) < 4.78 is 1.07. The van der Waals surface area contributed by atoms with Crippen molar-refractivity contribution in [2.24, 2.45) is 0 Å². The van der Waals surface area contributed by atoms with Gasteiger partial charge in [-0.25, -0.2) is 0 Å². The number of amides is 1. The van der Waals surface area contributed by atoms with Gasteiger partial charge in [0.05, 0.1) is 5.75 Å². The molecule has 2 aromatic carbocycles. The van der Waals surface area contributed by atoms with Crippen molar-refractivity contribution >= 4 is 57.0 Å². The summed E-state index contributed by atoms with van der Waals surface area (Å²) in [6, 6.07) is 16.0. The second-order valence-corrected chi connectivity index (χ2v) is 8.53. The first-order valence-electron chi connectivity index (χ1n) is 7.55. The number of thioether (sulfide) groups is 2. The van der Waals surface area contributed by atoms with E-state index in [9.17, 15) is 4.79 Å². The van der Waals surface area contributed by atoms with Gasteiger partial charge in [0.15, 0.2) is 0 Å². The lowest BCUT2D eigenvalue weighted by Gasteiger charge is -2.06. The van der Waals surface area contributed by atoms with E-state index in [-0.39, 0.29) is 5.91 Å². The van der Waals surface area contributed by atoms with Crippen LogP contribution >= 0.6 is 51.1 Å². The molecule has 128 valence electrons. The van der Waals surface area contributed by atoms with Crippen molar-refractivity contribution in [3.05, 3.63) is 69.2 Å². The lowest BCUT2D eigenvalue weighted by molar-refractivity contribution is -0.118. The molecule has 0 radical (unpaired) electrons. The molecule has 2 nitrogen and oxygen atoms in total. The number of halogens is 2.